The summed E-state index contributed by atoms with van der Waals surface area (Å²) in [5.74, 6) is 0.951. The predicted molar refractivity (Wildman–Crippen MR) is 64.3 cm³/mol. The Morgan fingerprint density at radius 1 is 1.20 bits per heavy atom. The number of nitrogens with one attached hydrogen (secondary N) is 1. The second-order valence-corrected chi connectivity index (χ2v) is 3.63. The molecule has 0 spiro atoms. The number of hydrogen-bond donors (Lipinski definition) is 1. The van der Waals surface area contributed by atoms with Gasteiger partial charge in [0.1, 0.15) is 5.75 Å². The lowest BCUT2D eigenvalue weighted by molar-refractivity contribution is 0.340. The van der Waals surface area contributed by atoms with E-state index >= 15 is 0 Å². The van der Waals surface area contributed by atoms with Crippen LogP contribution in [0.2, 0.25) is 0 Å². The first-order chi connectivity index (χ1) is 7.31. The summed E-state index contributed by atoms with van der Waals surface area (Å²) in [7, 11) is 2.01. The molecule has 2 nitrogen and oxygen atoms in total. The topological polar surface area (TPSA) is 21.3 Å². The van der Waals surface area contributed by atoms with Gasteiger partial charge in [-0.1, -0.05) is 25.5 Å². The highest BCUT2D eigenvalue weighted by Gasteiger charge is 2.07. The summed E-state index contributed by atoms with van der Waals surface area (Å²) >= 11 is 0. The molecule has 0 amide bonds. The highest BCUT2D eigenvalue weighted by Crippen LogP contribution is 2.20. The molecule has 0 bridgehead atoms. The minimum atomic E-state index is 0.464. The number of ether oxygens (including phenoxy) is 1. The van der Waals surface area contributed by atoms with Crippen LogP contribution in [-0.2, 0) is 0 Å². The first kappa shape index (κ1) is 12.1. The van der Waals surface area contributed by atoms with Crippen LogP contribution < -0.4 is 10.1 Å². The van der Waals surface area contributed by atoms with Gasteiger partial charge < -0.3 is 10.1 Å². The van der Waals surface area contributed by atoms with Crippen molar-refractivity contribution in [3.63, 3.8) is 0 Å². The van der Waals surface area contributed by atoms with Gasteiger partial charge in [-0.25, -0.2) is 0 Å². The van der Waals surface area contributed by atoms with E-state index in [9.17, 15) is 0 Å². The quantitative estimate of drug-likeness (QED) is 0.773. The van der Waals surface area contributed by atoms with Crippen LogP contribution in [0.25, 0.3) is 0 Å². The average molecular weight is 207 g/mol. The van der Waals surface area contributed by atoms with Crippen LogP contribution in [0.15, 0.2) is 24.3 Å². The number of hydrogen-bond acceptors (Lipinski definition) is 2. The van der Waals surface area contributed by atoms with Crippen molar-refractivity contribution in [3.05, 3.63) is 29.8 Å². The van der Waals surface area contributed by atoms with Crippen LogP contribution in [0.5, 0.6) is 5.75 Å². The molecule has 0 aliphatic heterocycles. The van der Waals surface area contributed by atoms with E-state index in [2.05, 4.69) is 24.4 Å². The molecule has 2 heteroatoms. The van der Waals surface area contributed by atoms with E-state index in [0.29, 0.717) is 6.04 Å². The fourth-order valence-corrected chi connectivity index (χ4v) is 1.73. The summed E-state index contributed by atoms with van der Waals surface area (Å²) in [6.45, 7) is 4.93. The second kappa shape index (κ2) is 6.46. The molecule has 0 aromatic heterocycles. The Bertz CT molecular complexity index is 268. The lowest BCUT2D eigenvalue weighted by Gasteiger charge is -2.16. The Balaban J connectivity index is 2.68. The van der Waals surface area contributed by atoms with Crippen LogP contribution in [0, 0.1) is 0 Å². The first-order valence-corrected chi connectivity index (χ1v) is 5.71. The molecule has 84 valence electrons. The van der Waals surface area contributed by atoms with E-state index in [1.165, 1.54) is 18.4 Å². The van der Waals surface area contributed by atoms with Crippen LogP contribution in [0.3, 0.4) is 0 Å². The van der Waals surface area contributed by atoms with Crippen molar-refractivity contribution in [2.45, 2.75) is 32.7 Å². The molecule has 1 aromatic rings. The number of benzene rings is 1. The Kier molecular flexibility index (Phi) is 5.19. The Labute approximate surface area is 92.6 Å². The molecule has 1 atom stereocenters. The van der Waals surface area contributed by atoms with Crippen molar-refractivity contribution >= 4 is 0 Å². The molecule has 1 N–H and O–H groups in total. The van der Waals surface area contributed by atoms with Crippen molar-refractivity contribution in [3.8, 4) is 5.75 Å². The maximum Gasteiger partial charge on any atom is 0.119 e. The molecule has 0 radical (unpaired) electrons. The predicted octanol–water partition coefficient (Wildman–Crippen LogP) is 3.15. The zero-order chi connectivity index (χ0) is 11.1. The lowest BCUT2D eigenvalue weighted by atomic mass is 10.0. The minimum absolute atomic E-state index is 0.464. The summed E-state index contributed by atoms with van der Waals surface area (Å²) in [4.78, 5) is 0. The van der Waals surface area contributed by atoms with Crippen LogP contribution >= 0.6 is 0 Å². The maximum absolute atomic E-state index is 5.41. The van der Waals surface area contributed by atoms with E-state index in [1.807, 2.05) is 26.1 Å². The van der Waals surface area contributed by atoms with Gasteiger partial charge in [0.2, 0.25) is 0 Å². The lowest BCUT2D eigenvalue weighted by Crippen LogP contribution is -2.15. The molecule has 1 unspecified atom stereocenters. The Hall–Kier alpha value is -1.02. The molecule has 0 aliphatic rings. The minimum Gasteiger partial charge on any atom is -0.494 e. The van der Waals surface area contributed by atoms with Gasteiger partial charge in [0.25, 0.3) is 0 Å². The molecule has 15 heavy (non-hydrogen) atoms. The summed E-state index contributed by atoms with van der Waals surface area (Å²) in [5, 5.41) is 3.33. The third-order valence-electron chi connectivity index (χ3n) is 2.52. The van der Waals surface area contributed by atoms with Gasteiger partial charge in [-0.2, -0.15) is 0 Å². The summed E-state index contributed by atoms with van der Waals surface area (Å²) in [5.41, 5.74) is 1.34. The highest BCUT2D eigenvalue weighted by atomic mass is 16.5. The molecular weight excluding hydrogens is 186 g/mol. The summed E-state index contributed by atoms with van der Waals surface area (Å²) < 4.78 is 5.41. The number of rotatable bonds is 6. The third-order valence-corrected chi connectivity index (χ3v) is 2.52. The van der Waals surface area contributed by atoms with Crippen LogP contribution in [0.1, 0.15) is 38.3 Å². The zero-order valence-corrected chi connectivity index (χ0v) is 9.92. The van der Waals surface area contributed by atoms with E-state index in [-0.39, 0.29) is 0 Å². The van der Waals surface area contributed by atoms with E-state index < -0.39 is 0 Å². The summed E-state index contributed by atoms with van der Waals surface area (Å²) in [6.07, 6.45) is 2.36. The largest absolute Gasteiger partial charge is 0.494 e. The van der Waals surface area contributed by atoms with Crippen molar-refractivity contribution in [1.29, 1.82) is 0 Å². The van der Waals surface area contributed by atoms with Gasteiger partial charge in [0, 0.05) is 6.04 Å². The average Bonchev–Trinajstić information content (AvgIpc) is 2.28. The van der Waals surface area contributed by atoms with E-state index in [4.69, 9.17) is 4.74 Å². The molecular formula is C13H21NO. The molecule has 0 saturated carbocycles. The van der Waals surface area contributed by atoms with Gasteiger partial charge in [0.15, 0.2) is 0 Å². The van der Waals surface area contributed by atoms with Gasteiger partial charge >= 0.3 is 0 Å². The van der Waals surface area contributed by atoms with Gasteiger partial charge in [-0.3, -0.25) is 0 Å². The zero-order valence-electron chi connectivity index (χ0n) is 9.92. The first-order valence-electron chi connectivity index (χ1n) is 5.71. The molecule has 0 aliphatic carbocycles. The van der Waals surface area contributed by atoms with Crippen molar-refractivity contribution in [2.75, 3.05) is 13.7 Å². The monoisotopic (exact) mass is 207 g/mol. The normalized spacial score (nSPS) is 12.5. The molecule has 1 rings (SSSR count). The van der Waals surface area contributed by atoms with Crippen molar-refractivity contribution in [2.24, 2.45) is 0 Å². The van der Waals surface area contributed by atoms with Gasteiger partial charge in [-0.05, 0) is 38.1 Å². The standard InChI is InChI=1S/C13H21NO/c1-4-6-13(14-3)11-7-9-12(10-8-11)15-5-2/h7-10,13-14H,4-6H2,1-3H3. The van der Waals surface area contributed by atoms with Crippen LogP contribution in [-0.4, -0.2) is 13.7 Å². The second-order valence-electron chi connectivity index (χ2n) is 3.63. The molecule has 0 saturated heterocycles. The molecule has 0 fully saturated rings. The van der Waals surface area contributed by atoms with E-state index in [1.54, 1.807) is 0 Å². The SMILES string of the molecule is CCCC(NC)c1ccc(OCC)cc1. The third kappa shape index (κ3) is 3.56. The highest BCUT2D eigenvalue weighted by molar-refractivity contribution is 5.29. The van der Waals surface area contributed by atoms with Crippen LogP contribution in [0.4, 0.5) is 0 Å². The van der Waals surface area contributed by atoms with Crippen molar-refractivity contribution < 1.29 is 4.74 Å². The Morgan fingerprint density at radius 3 is 2.33 bits per heavy atom. The van der Waals surface area contributed by atoms with E-state index in [0.717, 1.165) is 12.4 Å². The van der Waals surface area contributed by atoms with Gasteiger partial charge in [0.05, 0.1) is 6.61 Å². The fourth-order valence-electron chi connectivity index (χ4n) is 1.73. The molecule has 0 heterocycles. The molecule has 1 aromatic carbocycles. The summed E-state index contributed by atoms with van der Waals surface area (Å²) in [6, 6.07) is 8.83. The maximum atomic E-state index is 5.41. The fraction of sp³-hybridized carbons (Fsp3) is 0.538. The smallest absolute Gasteiger partial charge is 0.119 e. The van der Waals surface area contributed by atoms with Gasteiger partial charge in [-0.15, -0.1) is 0 Å². The van der Waals surface area contributed by atoms with Crippen molar-refractivity contribution in [1.82, 2.24) is 5.32 Å². The Morgan fingerprint density at radius 2 is 1.87 bits per heavy atom.